The summed E-state index contributed by atoms with van der Waals surface area (Å²) in [5.74, 6) is 0.542. The monoisotopic (exact) mass is 324 g/mol. The Morgan fingerprint density at radius 3 is 2.29 bits per heavy atom. The van der Waals surface area contributed by atoms with Crippen molar-refractivity contribution in [3.8, 4) is 0 Å². The summed E-state index contributed by atoms with van der Waals surface area (Å²) in [4.78, 5) is 23.3. The van der Waals surface area contributed by atoms with E-state index < -0.39 is 0 Å². The molecule has 126 valence electrons. The molecule has 0 aliphatic carbocycles. The quantitative estimate of drug-likeness (QED) is 0.934. The molecule has 0 bridgehead atoms. The molecule has 1 aliphatic rings. The van der Waals surface area contributed by atoms with Gasteiger partial charge >= 0.3 is 0 Å². The normalized spacial score (nSPS) is 15.0. The minimum absolute atomic E-state index is 0.180. The van der Waals surface area contributed by atoms with E-state index in [1.165, 1.54) is 31.2 Å². The second-order valence-electron chi connectivity index (χ2n) is 6.43. The van der Waals surface area contributed by atoms with Crippen molar-refractivity contribution in [2.75, 3.05) is 23.3 Å². The molecule has 2 aromatic rings. The van der Waals surface area contributed by atoms with Crippen LogP contribution in [0.25, 0.3) is 0 Å². The van der Waals surface area contributed by atoms with Gasteiger partial charge in [-0.1, -0.05) is 18.9 Å². The predicted molar refractivity (Wildman–Crippen MR) is 96.6 cm³/mol. The Hall–Kier alpha value is -2.43. The summed E-state index contributed by atoms with van der Waals surface area (Å²) in [6.45, 7) is 6.07. The minimum Gasteiger partial charge on any atom is -0.341 e. The molecule has 24 heavy (non-hydrogen) atoms. The zero-order valence-corrected chi connectivity index (χ0v) is 14.4. The number of aryl methyl sites for hydroxylation is 2. The summed E-state index contributed by atoms with van der Waals surface area (Å²) in [6.07, 6.45) is 8.13. The van der Waals surface area contributed by atoms with Gasteiger partial charge in [-0.15, -0.1) is 0 Å². The summed E-state index contributed by atoms with van der Waals surface area (Å²) in [7, 11) is 0. The fourth-order valence-electron chi connectivity index (χ4n) is 2.89. The Kier molecular flexibility index (Phi) is 5.08. The summed E-state index contributed by atoms with van der Waals surface area (Å²) >= 11 is 0. The number of amides is 1. The predicted octanol–water partition coefficient (Wildman–Crippen LogP) is 3.73. The highest BCUT2D eigenvalue weighted by atomic mass is 16.1. The summed E-state index contributed by atoms with van der Waals surface area (Å²) < 4.78 is 0. The van der Waals surface area contributed by atoms with Gasteiger partial charge in [0.05, 0.1) is 5.56 Å². The number of hydrogen-bond donors (Lipinski definition) is 1. The van der Waals surface area contributed by atoms with Crippen molar-refractivity contribution in [2.45, 2.75) is 39.5 Å². The van der Waals surface area contributed by atoms with Gasteiger partial charge in [-0.3, -0.25) is 4.79 Å². The third kappa shape index (κ3) is 3.91. The highest BCUT2D eigenvalue weighted by Gasteiger charge is 2.14. The lowest BCUT2D eigenvalue weighted by molar-refractivity contribution is 0.102. The molecule has 0 radical (unpaired) electrons. The van der Waals surface area contributed by atoms with Gasteiger partial charge in [0, 0.05) is 31.2 Å². The fourth-order valence-corrected chi connectivity index (χ4v) is 2.89. The van der Waals surface area contributed by atoms with Crippen LogP contribution in [0.1, 0.15) is 47.2 Å². The molecule has 1 aromatic heterocycles. The van der Waals surface area contributed by atoms with Gasteiger partial charge in [-0.2, -0.15) is 0 Å². The lowest BCUT2D eigenvalue weighted by atomic mass is 10.1. The van der Waals surface area contributed by atoms with Crippen LogP contribution in [0, 0.1) is 13.8 Å². The number of aromatic nitrogens is 2. The van der Waals surface area contributed by atoms with E-state index in [1.54, 1.807) is 12.4 Å². The Labute approximate surface area is 143 Å². The smallest absolute Gasteiger partial charge is 0.258 e. The maximum Gasteiger partial charge on any atom is 0.258 e. The summed E-state index contributed by atoms with van der Waals surface area (Å²) in [5, 5.41) is 2.90. The van der Waals surface area contributed by atoms with E-state index in [-0.39, 0.29) is 5.91 Å². The van der Waals surface area contributed by atoms with Crippen LogP contribution in [0.4, 0.5) is 11.6 Å². The average Bonchev–Trinajstić information content (AvgIpc) is 2.88. The second-order valence-corrected chi connectivity index (χ2v) is 6.43. The topological polar surface area (TPSA) is 58.1 Å². The maximum atomic E-state index is 12.3. The van der Waals surface area contributed by atoms with Crippen LogP contribution in [0.3, 0.4) is 0 Å². The standard InChI is InChI=1S/C19H24N4O/c1-14-7-8-17(11-15(14)2)22-18(24)16-12-20-19(21-13-16)23-9-5-3-4-6-10-23/h7-8,11-13H,3-6,9-10H2,1-2H3,(H,22,24). The molecule has 1 saturated heterocycles. The molecule has 5 nitrogen and oxygen atoms in total. The largest absolute Gasteiger partial charge is 0.341 e. The highest BCUT2D eigenvalue weighted by molar-refractivity contribution is 6.03. The zero-order chi connectivity index (χ0) is 16.9. The molecule has 1 N–H and O–H groups in total. The van der Waals surface area contributed by atoms with E-state index in [9.17, 15) is 4.79 Å². The Bertz CT molecular complexity index is 704. The molecule has 1 aromatic carbocycles. The van der Waals surface area contributed by atoms with Gasteiger partial charge in [0.1, 0.15) is 0 Å². The number of benzene rings is 1. The number of nitrogens with one attached hydrogen (secondary N) is 1. The minimum atomic E-state index is -0.180. The van der Waals surface area contributed by atoms with E-state index >= 15 is 0 Å². The Morgan fingerprint density at radius 1 is 1.00 bits per heavy atom. The van der Waals surface area contributed by atoms with Crippen LogP contribution in [0.5, 0.6) is 0 Å². The van der Waals surface area contributed by atoms with Crippen molar-refractivity contribution < 1.29 is 4.79 Å². The van der Waals surface area contributed by atoms with Crippen molar-refractivity contribution >= 4 is 17.5 Å². The molecule has 2 heterocycles. The van der Waals surface area contributed by atoms with E-state index in [0.717, 1.165) is 30.3 Å². The van der Waals surface area contributed by atoms with Crippen molar-refractivity contribution in [1.82, 2.24) is 9.97 Å². The SMILES string of the molecule is Cc1ccc(NC(=O)c2cnc(N3CCCCCC3)nc2)cc1C. The first-order valence-corrected chi connectivity index (χ1v) is 8.59. The molecule has 1 fully saturated rings. The lowest BCUT2D eigenvalue weighted by Crippen LogP contribution is -2.26. The highest BCUT2D eigenvalue weighted by Crippen LogP contribution is 2.17. The van der Waals surface area contributed by atoms with Crippen LogP contribution >= 0.6 is 0 Å². The number of rotatable bonds is 3. The zero-order valence-electron chi connectivity index (χ0n) is 14.4. The van der Waals surface area contributed by atoms with Gasteiger partial charge in [0.2, 0.25) is 5.95 Å². The van der Waals surface area contributed by atoms with Crippen LogP contribution in [0.15, 0.2) is 30.6 Å². The first-order valence-electron chi connectivity index (χ1n) is 8.59. The first kappa shape index (κ1) is 16.4. The number of anilines is 2. The fraction of sp³-hybridized carbons (Fsp3) is 0.421. The molecule has 1 amide bonds. The second kappa shape index (κ2) is 7.43. The first-order chi connectivity index (χ1) is 11.6. The van der Waals surface area contributed by atoms with E-state index in [1.807, 2.05) is 25.1 Å². The van der Waals surface area contributed by atoms with Crippen molar-refractivity contribution in [2.24, 2.45) is 0 Å². The molecule has 0 unspecified atom stereocenters. The van der Waals surface area contributed by atoms with Gasteiger partial charge in [0.15, 0.2) is 0 Å². The van der Waals surface area contributed by atoms with Gasteiger partial charge in [-0.05, 0) is 49.9 Å². The molecule has 3 rings (SSSR count). The van der Waals surface area contributed by atoms with Crippen molar-refractivity contribution in [3.63, 3.8) is 0 Å². The maximum absolute atomic E-state index is 12.3. The van der Waals surface area contributed by atoms with Gasteiger partial charge in [-0.25, -0.2) is 9.97 Å². The van der Waals surface area contributed by atoms with Crippen LogP contribution in [0.2, 0.25) is 0 Å². The Morgan fingerprint density at radius 2 is 1.67 bits per heavy atom. The molecule has 0 atom stereocenters. The summed E-state index contributed by atoms with van der Waals surface area (Å²) in [5.41, 5.74) is 3.63. The van der Waals surface area contributed by atoms with Crippen LogP contribution < -0.4 is 10.2 Å². The number of hydrogen-bond acceptors (Lipinski definition) is 4. The van der Waals surface area contributed by atoms with Crippen LogP contribution in [-0.4, -0.2) is 29.0 Å². The van der Waals surface area contributed by atoms with Crippen molar-refractivity contribution in [1.29, 1.82) is 0 Å². The third-order valence-electron chi connectivity index (χ3n) is 4.55. The van der Waals surface area contributed by atoms with E-state index in [0.29, 0.717) is 5.56 Å². The Balaban J connectivity index is 1.68. The molecule has 1 aliphatic heterocycles. The number of carbonyl (C=O) groups is 1. The lowest BCUT2D eigenvalue weighted by Gasteiger charge is -2.19. The van der Waals surface area contributed by atoms with Crippen molar-refractivity contribution in [3.05, 3.63) is 47.3 Å². The molecule has 0 saturated carbocycles. The van der Waals surface area contributed by atoms with Crippen LogP contribution in [-0.2, 0) is 0 Å². The van der Waals surface area contributed by atoms with E-state index in [2.05, 4.69) is 27.1 Å². The van der Waals surface area contributed by atoms with Gasteiger partial charge in [0.25, 0.3) is 5.91 Å². The molecule has 5 heteroatoms. The van der Waals surface area contributed by atoms with E-state index in [4.69, 9.17) is 0 Å². The molecule has 0 spiro atoms. The molecular weight excluding hydrogens is 300 g/mol. The third-order valence-corrected chi connectivity index (χ3v) is 4.55. The number of carbonyl (C=O) groups excluding carboxylic acids is 1. The number of nitrogens with zero attached hydrogens (tertiary/aromatic N) is 3. The molecular formula is C19H24N4O. The van der Waals surface area contributed by atoms with Gasteiger partial charge < -0.3 is 10.2 Å². The average molecular weight is 324 g/mol. The summed E-state index contributed by atoms with van der Waals surface area (Å²) in [6, 6.07) is 5.89.